The van der Waals surface area contributed by atoms with Crippen molar-refractivity contribution >= 4 is 23.7 Å². The SMILES string of the molecule is COc1ccc(C=NNC(=O)c2ccc(C(C)(C)C)cc2)cc1COc1cc(C)c(Cl)c(C)c1. The van der Waals surface area contributed by atoms with E-state index in [1.54, 1.807) is 13.3 Å². The van der Waals surface area contributed by atoms with Gasteiger partial charge in [-0.3, -0.25) is 4.79 Å². The van der Waals surface area contributed by atoms with Crippen LogP contribution in [0.3, 0.4) is 0 Å². The van der Waals surface area contributed by atoms with Crippen LogP contribution < -0.4 is 14.9 Å². The van der Waals surface area contributed by atoms with Gasteiger partial charge in [0.2, 0.25) is 0 Å². The Labute approximate surface area is 206 Å². The maximum Gasteiger partial charge on any atom is 0.271 e. The fourth-order valence-electron chi connectivity index (χ4n) is 3.49. The summed E-state index contributed by atoms with van der Waals surface area (Å²) in [5, 5.41) is 4.86. The van der Waals surface area contributed by atoms with Crippen molar-refractivity contribution in [1.29, 1.82) is 0 Å². The van der Waals surface area contributed by atoms with Crippen LogP contribution in [-0.2, 0) is 12.0 Å². The molecule has 0 aliphatic heterocycles. The highest BCUT2D eigenvalue weighted by molar-refractivity contribution is 6.32. The molecule has 6 heteroatoms. The molecule has 3 aromatic rings. The second kappa shape index (κ2) is 10.7. The Morgan fingerprint density at radius 2 is 1.68 bits per heavy atom. The second-order valence-electron chi connectivity index (χ2n) is 9.26. The zero-order valence-corrected chi connectivity index (χ0v) is 21.3. The maximum absolute atomic E-state index is 12.4. The molecule has 0 saturated heterocycles. The van der Waals surface area contributed by atoms with E-state index >= 15 is 0 Å². The summed E-state index contributed by atoms with van der Waals surface area (Å²) in [6.45, 7) is 10.6. The maximum atomic E-state index is 12.4. The van der Waals surface area contributed by atoms with Crippen LogP contribution >= 0.6 is 11.6 Å². The number of hydrogen-bond acceptors (Lipinski definition) is 4. The van der Waals surface area contributed by atoms with Crippen LogP contribution in [0.1, 0.15) is 58.9 Å². The first-order chi connectivity index (χ1) is 16.1. The van der Waals surface area contributed by atoms with E-state index in [0.717, 1.165) is 33.0 Å². The van der Waals surface area contributed by atoms with Crippen molar-refractivity contribution in [2.75, 3.05) is 7.11 Å². The van der Waals surface area contributed by atoms with Gasteiger partial charge in [-0.15, -0.1) is 0 Å². The summed E-state index contributed by atoms with van der Waals surface area (Å²) in [4.78, 5) is 12.4. The lowest BCUT2D eigenvalue weighted by Crippen LogP contribution is -2.18. The molecule has 34 heavy (non-hydrogen) atoms. The molecule has 0 unspecified atom stereocenters. The second-order valence-corrected chi connectivity index (χ2v) is 9.64. The van der Waals surface area contributed by atoms with Crippen molar-refractivity contribution in [3.05, 3.63) is 93.0 Å². The van der Waals surface area contributed by atoms with Crippen LogP contribution in [0, 0.1) is 13.8 Å². The van der Waals surface area contributed by atoms with Gasteiger partial charge in [0.1, 0.15) is 18.1 Å². The first kappa shape index (κ1) is 25.3. The highest BCUT2D eigenvalue weighted by atomic mass is 35.5. The number of hydrazone groups is 1. The number of rotatable bonds is 7. The molecule has 3 aromatic carbocycles. The fourth-order valence-corrected chi connectivity index (χ4v) is 3.60. The summed E-state index contributed by atoms with van der Waals surface area (Å²) < 4.78 is 11.5. The van der Waals surface area contributed by atoms with Crippen molar-refractivity contribution in [1.82, 2.24) is 5.43 Å². The van der Waals surface area contributed by atoms with Gasteiger partial charge >= 0.3 is 0 Å². The lowest BCUT2D eigenvalue weighted by Gasteiger charge is -2.18. The van der Waals surface area contributed by atoms with E-state index in [1.807, 2.05) is 68.4 Å². The molecule has 1 N–H and O–H groups in total. The average molecular weight is 479 g/mol. The number of hydrogen-bond donors (Lipinski definition) is 1. The van der Waals surface area contributed by atoms with Crippen LogP contribution in [0.4, 0.5) is 0 Å². The summed E-state index contributed by atoms with van der Waals surface area (Å²) in [6, 6.07) is 17.0. The number of aryl methyl sites for hydroxylation is 2. The van der Waals surface area contributed by atoms with Gasteiger partial charge < -0.3 is 9.47 Å². The Kier molecular flexibility index (Phi) is 8.00. The van der Waals surface area contributed by atoms with Gasteiger partial charge in [-0.1, -0.05) is 44.5 Å². The number of carbonyl (C=O) groups is 1. The standard InChI is InChI=1S/C28H31ClN2O3/c1-18-13-24(14-19(2)26(18)29)34-17-22-15-20(7-12-25(22)33-6)16-30-31-27(32)21-8-10-23(11-9-21)28(3,4)5/h7-16H,17H2,1-6H3,(H,31,32). The fraction of sp³-hybridized carbons (Fsp3) is 0.286. The quantitative estimate of drug-likeness (QED) is 0.307. The Morgan fingerprint density at radius 1 is 1.03 bits per heavy atom. The van der Waals surface area contributed by atoms with Crippen LogP contribution in [0.15, 0.2) is 59.7 Å². The molecule has 0 fully saturated rings. The van der Waals surface area contributed by atoms with E-state index in [-0.39, 0.29) is 11.3 Å². The molecule has 0 spiro atoms. The van der Waals surface area contributed by atoms with Crippen LogP contribution in [0.5, 0.6) is 11.5 Å². The molecule has 0 aliphatic rings. The number of ether oxygens (including phenoxy) is 2. The van der Waals surface area contributed by atoms with Crippen molar-refractivity contribution in [2.24, 2.45) is 5.10 Å². The van der Waals surface area contributed by atoms with Gasteiger partial charge in [0, 0.05) is 16.1 Å². The lowest BCUT2D eigenvalue weighted by molar-refractivity contribution is 0.0955. The predicted molar refractivity (Wildman–Crippen MR) is 138 cm³/mol. The molecule has 0 saturated carbocycles. The molecule has 0 radical (unpaired) electrons. The summed E-state index contributed by atoms with van der Waals surface area (Å²) in [7, 11) is 1.62. The van der Waals surface area contributed by atoms with Crippen molar-refractivity contribution in [3.8, 4) is 11.5 Å². The van der Waals surface area contributed by atoms with Crippen LogP contribution in [0.2, 0.25) is 5.02 Å². The van der Waals surface area contributed by atoms with E-state index in [2.05, 4.69) is 31.3 Å². The largest absolute Gasteiger partial charge is 0.496 e. The van der Waals surface area contributed by atoms with E-state index in [0.29, 0.717) is 17.9 Å². The Bertz CT molecular complexity index is 1170. The first-order valence-electron chi connectivity index (χ1n) is 11.1. The number of nitrogens with zero attached hydrogens (tertiary/aromatic N) is 1. The molecule has 1 amide bonds. The molecule has 0 aromatic heterocycles. The minimum absolute atomic E-state index is 0.0359. The highest BCUT2D eigenvalue weighted by Crippen LogP contribution is 2.28. The molecule has 5 nitrogen and oxygen atoms in total. The minimum Gasteiger partial charge on any atom is -0.496 e. The summed E-state index contributed by atoms with van der Waals surface area (Å²) in [5.41, 5.74) is 7.95. The molecular weight excluding hydrogens is 448 g/mol. The molecule has 0 bridgehead atoms. The van der Waals surface area contributed by atoms with Gasteiger partial charge in [-0.25, -0.2) is 5.43 Å². The number of halogens is 1. The average Bonchev–Trinajstić information content (AvgIpc) is 2.80. The van der Waals surface area contributed by atoms with E-state index in [1.165, 1.54) is 5.56 Å². The monoisotopic (exact) mass is 478 g/mol. The van der Waals surface area contributed by atoms with Crippen LogP contribution in [0.25, 0.3) is 0 Å². The summed E-state index contributed by atoms with van der Waals surface area (Å²) >= 11 is 6.25. The van der Waals surface area contributed by atoms with Crippen LogP contribution in [-0.4, -0.2) is 19.2 Å². The Balaban J connectivity index is 1.67. The molecule has 3 rings (SSSR count). The van der Waals surface area contributed by atoms with Gasteiger partial charge in [0.15, 0.2) is 0 Å². The third-order valence-electron chi connectivity index (χ3n) is 5.50. The lowest BCUT2D eigenvalue weighted by atomic mass is 9.87. The Hall–Kier alpha value is -3.31. The zero-order valence-electron chi connectivity index (χ0n) is 20.5. The number of amides is 1. The molecule has 0 aliphatic carbocycles. The number of nitrogens with one attached hydrogen (secondary N) is 1. The van der Waals surface area contributed by atoms with Crippen molar-refractivity contribution in [3.63, 3.8) is 0 Å². The number of benzene rings is 3. The van der Waals surface area contributed by atoms with E-state index < -0.39 is 0 Å². The summed E-state index contributed by atoms with van der Waals surface area (Å²) in [6.07, 6.45) is 1.60. The van der Waals surface area contributed by atoms with Gasteiger partial charge in [0.25, 0.3) is 5.91 Å². The highest BCUT2D eigenvalue weighted by Gasteiger charge is 2.14. The first-order valence-corrected chi connectivity index (χ1v) is 11.5. The molecular formula is C28H31ClN2O3. The van der Waals surface area contributed by atoms with Gasteiger partial charge in [-0.05, 0) is 84.0 Å². The molecule has 178 valence electrons. The number of methoxy groups -OCH3 is 1. The van der Waals surface area contributed by atoms with E-state index in [9.17, 15) is 4.79 Å². The third kappa shape index (κ3) is 6.39. The minimum atomic E-state index is -0.262. The smallest absolute Gasteiger partial charge is 0.271 e. The molecule has 0 atom stereocenters. The normalized spacial score (nSPS) is 11.5. The topological polar surface area (TPSA) is 59.9 Å². The third-order valence-corrected chi connectivity index (χ3v) is 6.10. The summed E-state index contributed by atoms with van der Waals surface area (Å²) in [5.74, 6) is 1.19. The molecule has 0 heterocycles. The van der Waals surface area contributed by atoms with Crippen molar-refractivity contribution < 1.29 is 14.3 Å². The zero-order chi connectivity index (χ0) is 24.9. The predicted octanol–water partition coefficient (Wildman–Crippen LogP) is 6.61. The van der Waals surface area contributed by atoms with Gasteiger partial charge in [-0.2, -0.15) is 5.10 Å². The van der Waals surface area contributed by atoms with E-state index in [4.69, 9.17) is 21.1 Å². The number of carbonyl (C=O) groups excluding carboxylic acids is 1. The Morgan fingerprint density at radius 3 is 2.26 bits per heavy atom. The van der Waals surface area contributed by atoms with Gasteiger partial charge in [0.05, 0.1) is 13.3 Å². The van der Waals surface area contributed by atoms with Crippen molar-refractivity contribution in [2.45, 2.75) is 46.6 Å².